The molecule has 0 aromatic heterocycles. The number of carbonyl (C=O) groups is 2. The van der Waals surface area contributed by atoms with Gasteiger partial charge in [0.05, 0.1) is 25.4 Å². The van der Waals surface area contributed by atoms with Crippen molar-refractivity contribution in [1.29, 1.82) is 0 Å². The number of nitrogens with one attached hydrogen (secondary N) is 3. The fraction of sp³-hybridized carbons (Fsp3) is 0.429. The second kappa shape index (κ2) is 16.1. The number of piperidine rings is 1. The standard InChI is InChI=1S/C35H45N5O4/c1-2-44-31-12-9-29(10-13-31)37-35(42)38-30-11-14-33(40-19-15-28(16-20-40)25-27-7-4-3-5-8-27)32(26-30)34(41)36-17-6-18-39-21-23-43-24-22-39/h3-5,7-14,26,28H,2,6,15-25H2,1H3,(H,36,41)(H2,37,38,42). The number of nitrogens with zero attached hydrogens (tertiary/aromatic N) is 2. The average molecular weight is 600 g/mol. The van der Waals surface area contributed by atoms with Crippen LogP contribution in [0, 0.1) is 5.92 Å². The van der Waals surface area contributed by atoms with Crippen molar-refractivity contribution < 1.29 is 19.1 Å². The van der Waals surface area contributed by atoms with Gasteiger partial charge in [-0.3, -0.25) is 9.69 Å². The molecule has 2 aliphatic heterocycles. The molecule has 0 aliphatic carbocycles. The number of ether oxygens (including phenoxy) is 2. The minimum atomic E-state index is -0.375. The van der Waals surface area contributed by atoms with Gasteiger partial charge in [0.2, 0.25) is 0 Å². The molecule has 234 valence electrons. The molecule has 3 N–H and O–H groups in total. The predicted molar refractivity (Wildman–Crippen MR) is 176 cm³/mol. The van der Waals surface area contributed by atoms with E-state index in [1.165, 1.54) is 5.56 Å². The number of hydrogen-bond donors (Lipinski definition) is 3. The Kier molecular flexibility index (Phi) is 11.5. The van der Waals surface area contributed by atoms with Crippen LogP contribution in [0.25, 0.3) is 0 Å². The zero-order chi connectivity index (χ0) is 30.6. The van der Waals surface area contributed by atoms with Crippen LogP contribution < -0.4 is 25.6 Å². The zero-order valence-electron chi connectivity index (χ0n) is 25.7. The maximum atomic E-state index is 13.6. The first-order chi connectivity index (χ1) is 21.6. The third-order valence-corrected chi connectivity index (χ3v) is 8.29. The largest absolute Gasteiger partial charge is 0.494 e. The Hall–Kier alpha value is -4.08. The number of carbonyl (C=O) groups excluding carboxylic acids is 2. The van der Waals surface area contributed by atoms with Crippen LogP contribution in [0.5, 0.6) is 5.75 Å². The monoisotopic (exact) mass is 599 g/mol. The highest BCUT2D eigenvalue weighted by Gasteiger charge is 2.24. The van der Waals surface area contributed by atoms with Crippen LogP contribution in [0.4, 0.5) is 21.9 Å². The summed E-state index contributed by atoms with van der Waals surface area (Å²) in [6.07, 6.45) is 4.09. The van der Waals surface area contributed by atoms with Crippen molar-refractivity contribution in [3.8, 4) is 5.75 Å². The van der Waals surface area contributed by atoms with Gasteiger partial charge in [-0.1, -0.05) is 30.3 Å². The lowest BCUT2D eigenvalue weighted by atomic mass is 9.89. The smallest absolute Gasteiger partial charge is 0.323 e. The number of morpholine rings is 1. The Morgan fingerprint density at radius 1 is 0.886 bits per heavy atom. The van der Waals surface area contributed by atoms with E-state index in [-0.39, 0.29) is 11.9 Å². The van der Waals surface area contributed by atoms with Gasteiger partial charge in [-0.25, -0.2) is 4.79 Å². The topological polar surface area (TPSA) is 95.2 Å². The summed E-state index contributed by atoms with van der Waals surface area (Å²) in [5.41, 5.74) is 4.08. The molecule has 44 heavy (non-hydrogen) atoms. The van der Waals surface area contributed by atoms with E-state index in [9.17, 15) is 9.59 Å². The van der Waals surface area contributed by atoms with E-state index in [0.29, 0.717) is 36.0 Å². The van der Waals surface area contributed by atoms with E-state index >= 15 is 0 Å². The molecule has 9 nitrogen and oxygen atoms in total. The average Bonchev–Trinajstić information content (AvgIpc) is 3.05. The number of hydrogen-bond acceptors (Lipinski definition) is 6. The first-order valence-corrected chi connectivity index (χ1v) is 15.9. The number of anilines is 3. The van der Waals surface area contributed by atoms with Gasteiger partial charge in [-0.15, -0.1) is 0 Å². The summed E-state index contributed by atoms with van der Waals surface area (Å²) < 4.78 is 10.9. The maximum Gasteiger partial charge on any atom is 0.323 e. The molecule has 0 spiro atoms. The van der Waals surface area contributed by atoms with Crippen LogP contribution in [0.15, 0.2) is 72.8 Å². The summed E-state index contributed by atoms with van der Waals surface area (Å²) in [5.74, 6) is 1.25. The Bertz CT molecular complexity index is 1340. The normalized spacial score (nSPS) is 15.9. The Labute approximate surface area is 260 Å². The highest BCUT2D eigenvalue weighted by molar-refractivity contribution is 6.04. The maximum absolute atomic E-state index is 13.6. The summed E-state index contributed by atoms with van der Waals surface area (Å²) in [5, 5.41) is 8.89. The molecule has 2 heterocycles. The molecule has 0 bridgehead atoms. The quantitative estimate of drug-likeness (QED) is 0.233. The molecular formula is C35H45N5O4. The van der Waals surface area contributed by atoms with Gasteiger partial charge in [0, 0.05) is 49.8 Å². The molecule has 3 aromatic rings. The van der Waals surface area contributed by atoms with Gasteiger partial charge in [0.1, 0.15) is 5.75 Å². The van der Waals surface area contributed by atoms with Gasteiger partial charge < -0.3 is 30.3 Å². The Morgan fingerprint density at radius 3 is 2.32 bits per heavy atom. The molecule has 0 atom stereocenters. The molecule has 0 saturated carbocycles. The van der Waals surface area contributed by atoms with Crippen LogP contribution >= 0.6 is 0 Å². The Balaban J connectivity index is 1.23. The van der Waals surface area contributed by atoms with Gasteiger partial charge in [-0.2, -0.15) is 0 Å². The third-order valence-electron chi connectivity index (χ3n) is 8.29. The van der Waals surface area contributed by atoms with E-state index in [1.807, 2.05) is 31.2 Å². The molecule has 3 amide bonds. The number of urea groups is 1. The zero-order valence-corrected chi connectivity index (χ0v) is 25.7. The van der Waals surface area contributed by atoms with Crippen molar-refractivity contribution in [2.24, 2.45) is 5.92 Å². The van der Waals surface area contributed by atoms with E-state index in [2.05, 4.69) is 56.1 Å². The van der Waals surface area contributed by atoms with Crippen LogP contribution in [-0.4, -0.2) is 75.9 Å². The second-order valence-electron chi connectivity index (χ2n) is 11.5. The summed E-state index contributed by atoms with van der Waals surface area (Å²) in [6.45, 7) is 9.21. The highest BCUT2D eigenvalue weighted by Crippen LogP contribution is 2.30. The first kappa shape index (κ1) is 31.3. The van der Waals surface area contributed by atoms with E-state index in [4.69, 9.17) is 9.47 Å². The molecule has 0 unspecified atom stereocenters. The SMILES string of the molecule is CCOc1ccc(NC(=O)Nc2ccc(N3CCC(Cc4ccccc4)CC3)c(C(=O)NCCCN3CCOCC3)c2)cc1. The minimum Gasteiger partial charge on any atom is -0.494 e. The van der Waals surface area contributed by atoms with Crippen molar-refractivity contribution in [2.75, 3.05) is 74.6 Å². The fourth-order valence-corrected chi connectivity index (χ4v) is 5.92. The van der Waals surface area contributed by atoms with Gasteiger partial charge in [0.25, 0.3) is 5.91 Å². The van der Waals surface area contributed by atoms with Gasteiger partial charge >= 0.3 is 6.03 Å². The van der Waals surface area contributed by atoms with Crippen molar-refractivity contribution in [3.05, 3.63) is 83.9 Å². The Morgan fingerprint density at radius 2 is 1.59 bits per heavy atom. The first-order valence-electron chi connectivity index (χ1n) is 15.9. The summed E-state index contributed by atoms with van der Waals surface area (Å²) >= 11 is 0. The molecule has 9 heteroatoms. The predicted octanol–water partition coefficient (Wildman–Crippen LogP) is 5.64. The summed E-state index contributed by atoms with van der Waals surface area (Å²) in [4.78, 5) is 31.1. The molecule has 3 aromatic carbocycles. The van der Waals surface area contributed by atoms with E-state index < -0.39 is 0 Å². The molecule has 2 aliphatic rings. The van der Waals surface area contributed by atoms with Crippen molar-refractivity contribution >= 4 is 29.0 Å². The molecule has 2 saturated heterocycles. The minimum absolute atomic E-state index is 0.121. The van der Waals surface area contributed by atoms with Crippen LogP contribution in [0.2, 0.25) is 0 Å². The summed E-state index contributed by atoms with van der Waals surface area (Å²) in [7, 11) is 0. The van der Waals surface area contributed by atoms with E-state index in [0.717, 1.165) is 83.1 Å². The highest BCUT2D eigenvalue weighted by atomic mass is 16.5. The van der Waals surface area contributed by atoms with Crippen molar-refractivity contribution in [2.45, 2.75) is 32.6 Å². The number of rotatable bonds is 12. The van der Waals surface area contributed by atoms with Crippen molar-refractivity contribution in [3.63, 3.8) is 0 Å². The lowest BCUT2D eigenvalue weighted by Gasteiger charge is -2.35. The van der Waals surface area contributed by atoms with Gasteiger partial charge in [0.15, 0.2) is 0 Å². The van der Waals surface area contributed by atoms with Crippen molar-refractivity contribution in [1.82, 2.24) is 10.2 Å². The van der Waals surface area contributed by atoms with Gasteiger partial charge in [-0.05, 0) is 93.1 Å². The lowest BCUT2D eigenvalue weighted by molar-refractivity contribution is 0.0374. The van der Waals surface area contributed by atoms with Crippen LogP contribution in [0.3, 0.4) is 0 Å². The van der Waals surface area contributed by atoms with E-state index in [1.54, 1.807) is 18.2 Å². The summed E-state index contributed by atoms with van der Waals surface area (Å²) in [6, 6.07) is 23.1. The van der Waals surface area contributed by atoms with Crippen LogP contribution in [-0.2, 0) is 11.2 Å². The number of benzene rings is 3. The fourth-order valence-electron chi connectivity index (χ4n) is 5.92. The second-order valence-corrected chi connectivity index (χ2v) is 11.5. The molecule has 5 rings (SSSR count). The number of amides is 3. The van der Waals surface area contributed by atoms with Crippen LogP contribution in [0.1, 0.15) is 42.1 Å². The molecule has 0 radical (unpaired) electrons. The third kappa shape index (κ3) is 9.21. The lowest BCUT2D eigenvalue weighted by Crippen LogP contribution is -2.38. The molecule has 2 fully saturated rings. The molecular weight excluding hydrogens is 554 g/mol.